The minimum atomic E-state index is -0.659. The first-order chi connectivity index (χ1) is 9.10. The van der Waals surface area contributed by atoms with Gasteiger partial charge in [0, 0.05) is 5.02 Å². The van der Waals surface area contributed by atoms with Crippen LogP contribution in [0.3, 0.4) is 0 Å². The summed E-state index contributed by atoms with van der Waals surface area (Å²) in [5.41, 5.74) is 0.504. The molecule has 1 fully saturated rings. The van der Waals surface area contributed by atoms with Gasteiger partial charge in [0.1, 0.15) is 11.9 Å². The predicted octanol–water partition coefficient (Wildman–Crippen LogP) is 3.08. The number of hydrogen-bond acceptors (Lipinski definition) is 3. The van der Waals surface area contributed by atoms with Crippen LogP contribution in [0.1, 0.15) is 31.4 Å². The van der Waals surface area contributed by atoms with Crippen LogP contribution in [0.15, 0.2) is 18.2 Å². The molecule has 1 aromatic rings. The number of esters is 1. The summed E-state index contributed by atoms with van der Waals surface area (Å²) < 4.78 is 18.4. The fraction of sp³-hybridized carbons (Fsp3) is 0.500. The maximum Gasteiger partial charge on any atom is 0.327 e. The Morgan fingerprint density at radius 2 is 2.26 bits per heavy atom. The Hall–Kier alpha value is -1.13. The summed E-state index contributed by atoms with van der Waals surface area (Å²) in [6.45, 7) is 2.77. The van der Waals surface area contributed by atoms with Crippen LogP contribution < -0.4 is 5.32 Å². The summed E-state index contributed by atoms with van der Waals surface area (Å²) in [7, 11) is 0. The largest absolute Gasteiger partial charge is 0.465 e. The van der Waals surface area contributed by atoms with Crippen molar-refractivity contribution in [2.75, 3.05) is 13.2 Å². The van der Waals surface area contributed by atoms with Crippen LogP contribution in [-0.2, 0) is 9.53 Å². The molecule has 1 saturated carbocycles. The Kier molecular flexibility index (Phi) is 4.77. The van der Waals surface area contributed by atoms with Crippen molar-refractivity contribution < 1.29 is 13.9 Å². The number of nitrogens with one attached hydrogen (secondary N) is 1. The van der Waals surface area contributed by atoms with Crippen molar-refractivity contribution in [2.24, 2.45) is 5.92 Å². The van der Waals surface area contributed by atoms with Gasteiger partial charge in [0.25, 0.3) is 0 Å². The van der Waals surface area contributed by atoms with E-state index in [1.165, 1.54) is 25.0 Å². The summed E-state index contributed by atoms with van der Waals surface area (Å²) in [4.78, 5) is 11.9. The number of carbonyl (C=O) groups excluding carboxylic acids is 1. The van der Waals surface area contributed by atoms with Crippen LogP contribution in [-0.4, -0.2) is 19.1 Å². The number of benzene rings is 1. The predicted molar refractivity (Wildman–Crippen MR) is 71.5 cm³/mol. The van der Waals surface area contributed by atoms with Crippen LogP contribution in [0.2, 0.25) is 5.02 Å². The van der Waals surface area contributed by atoms with Gasteiger partial charge in [-0.15, -0.1) is 0 Å². The molecule has 1 atom stereocenters. The van der Waals surface area contributed by atoms with Gasteiger partial charge in [0.15, 0.2) is 0 Å². The molecular formula is C14H17ClFNO2. The van der Waals surface area contributed by atoms with E-state index >= 15 is 0 Å². The molecule has 1 unspecified atom stereocenters. The molecule has 0 spiro atoms. The third-order valence-electron chi connectivity index (χ3n) is 3.05. The highest BCUT2D eigenvalue weighted by atomic mass is 35.5. The van der Waals surface area contributed by atoms with Crippen molar-refractivity contribution in [1.29, 1.82) is 0 Å². The number of ether oxygens (including phenoxy) is 1. The quantitative estimate of drug-likeness (QED) is 0.816. The second-order valence-corrected chi connectivity index (χ2v) is 5.18. The van der Waals surface area contributed by atoms with Gasteiger partial charge in [0.2, 0.25) is 0 Å². The SMILES string of the molecule is CCOC(=O)C(NCC1CC1)c1cc(F)cc(Cl)c1. The lowest BCUT2D eigenvalue weighted by Gasteiger charge is -2.18. The Balaban J connectivity index is 2.15. The Morgan fingerprint density at radius 1 is 1.53 bits per heavy atom. The lowest BCUT2D eigenvalue weighted by molar-refractivity contribution is -0.145. The molecule has 0 aromatic heterocycles. The Morgan fingerprint density at radius 3 is 2.84 bits per heavy atom. The average molecular weight is 286 g/mol. The van der Waals surface area contributed by atoms with Crippen molar-refractivity contribution in [2.45, 2.75) is 25.8 Å². The highest BCUT2D eigenvalue weighted by Crippen LogP contribution is 2.29. The number of halogens is 2. The number of hydrogen-bond donors (Lipinski definition) is 1. The summed E-state index contributed by atoms with van der Waals surface area (Å²) in [6.07, 6.45) is 2.35. The third kappa shape index (κ3) is 4.18. The fourth-order valence-electron chi connectivity index (χ4n) is 1.91. The zero-order valence-corrected chi connectivity index (χ0v) is 11.5. The molecule has 1 aliphatic carbocycles. The molecule has 1 aromatic carbocycles. The van der Waals surface area contributed by atoms with Gasteiger partial charge >= 0.3 is 5.97 Å². The zero-order valence-electron chi connectivity index (χ0n) is 10.8. The normalized spacial score (nSPS) is 16.2. The lowest BCUT2D eigenvalue weighted by Crippen LogP contribution is -2.31. The van der Waals surface area contributed by atoms with Crippen LogP contribution >= 0.6 is 11.6 Å². The molecule has 0 aliphatic heterocycles. The second kappa shape index (κ2) is 6.35. The zero-order chi connectivity index (χ0) is 13.8. The van der Waals surface area contributed by atoms with Crippen molar-refractivity contribution in [1.82, 2.24) is 5.32 Å². The smallest absolute Gasteiger partial charge is 0.327 e. The van der Waals surface area contributed by atoms with E-state index in [0.29, 0.717) is 18.1 Å². The minimum Gasteiger partial charge on any atom is -0.465 e. The molecular weight excluding hydrogens is 269 g/mol. The Labute approximate surface area is 117 Å². The van der Waals surface area contributed by atoms with Gasteiger partial charge in [-0.2, -0.15) is 0 Å². The topological polar surface area (TPSA) is 38.3 Å². The summed E-state index contributed by atoms with van der Waals surface area (Å²) in [5.74, 6) is -0.240. The first-order valence-corrected chi connectivity index (χ1v) is 6.84. The van der Waals surface area contributed by atoms with E-state index in [-0.39, 0.29) is 5.02 Å². The van der Waals surface area contributed by atoms with Crippen LogP contribution in [0.5, 0.6) is 0 Å². The lowest BCUT2D eigenvalue weighted by atomic mass is 10.1. The van der Waals surface area contributed by atoms with Gasteiger partial charge < -0.3 is 10.1 Å². The third-order valence-corrected chi connectivity index (χ3v) is 3.27. The van der Waals surface area contributed by atoms with Gasteiger partial charge in [-0.25, -0.2) is 9.18 Å². The van der Waals surface area contributed by atoms with Crippen molar-refractivity contribution in [3.8, 4) is 0 Å². The summed E-state index contributed by atoms with van der Waals surface area (Å²) >= 11 is 5.83. The molecule has 0 saturated heterocycles. The fourth-order valence-corrected chi connectivity index (χ4v) is 2.14. The first kappa shape index (κ1) is 14.3. The van der Waals surface area contributed by atoms with E-state index in [0.717, 1.165) is 6.54 Å². The summed E-state index contributed by atoms with van der Waals surface area (Å²) in [5, 5.41) is 3.41. The molecule has 104 valence electrons. The molecule has 5 heteroatoms. The summed E-state index contributed by atoms with van der Waals surface area (Å²) in [6, 6.07) is 3.46. The van der Waals surface area contributed by atoms with Gasteiger partial charge in [-0.3, -0.25) is 0 Å². The molecule has 0 radical (unpaired) electrons. The van der Waals surface area contributed by atoms with Crippen LogP contribution in [0.25, 0.3) is 0 Å². The second-order valence-electron chi connectivity index (χ2n) is 4.74. The molecule has 1 aliphatic rings. The van der Waals surface area contributed by atoms with Crippen LogP contribution in [0, 0.1) is 11.7 Å². The van der Waals surface area contributed by atoms with E-state index in [1.54, 1.807) is 13.0 Å². The average Bonchev–Trinajstić information content (AvgIpc) is 3.12. The monoisotopic (exact) mass is 285 g/mol. The van der Waals surface area contributed by atoms with Gasteiger partial charge in [-0.1, -0.05) is 11.6 Å². The Bertz CT molecular complexity index is 443. The molecule has 1 N–H and O–H groups in total. The van der Waals surface area contributed by atoms with E-state index < -0.39 is 17.8 Å². The van der Waals surface area contributed by atoms with Crippen molar-refractivity contribution in [3.63, 3.8) is 0 Å². The van der Waals surface area contributed by atoms with Crippen molar-refractivity contribution >= 4 is 17.6 Å². The van der Waals surface area contributed by atoms with Gasteiger partial charge in [0.05, 0.1) is 6.61 Å². The molecule has 3 nitrogen and oxygen atoms in total. The van der Waals surface area contributed by atoms with Crippen molar-refractivity contribution in [3.05, 3.63) is 34.6 Å². The standard InChI is InChI=1S/C14H17ClFNO2/c1-2-19-14(18)13(17-8-9-3-4-9)10-5-11(15)7-12(16)6-10/h5-7,9,13,17H,2-4,8H2,1H3. The maximum atomic E-state index is 13.4. The maximum absolute atomic E-state index is 13.4. The molecule has 0 amide bonds. The highest BCUT2D eigenvalue weighted by molar-refractivity contribution is 6.30. The first-order valence-electron chi connectivity index (χ1n) is 6.46. The molecule has 19 heavy (non-hydrogen) atoms. The number of carbonyl (C=O) groups is 1. The van der Waals surface area contributed by atoms with Crippen LogP contribution in [0.4, 0.5) is 4.39 Å². The molecule has 0 bridgehead atoms. The highest BCUT2D eigenvalue weighted by Gasteiger charge is 2.27. The van der Waals surface area contributed by atoms with Gasteiger partial charge in [-0.05, 0) is 56.0 Å². The number of rotatable bonds is 6. The van der Waals surface area contributed by atoms with E-state index in [2.05, 4.69) is 5.32 Å². The van der Waals surface area contributed by atoms with E-state index in [4.69, 9.17) is 16.3 Å². The van der Waals surface area contributed by atoms with E-state index in [1.807, 2.05) is 0 Å². The minimum absolute atomic E-state index is 0.275. The molecule has 0 heterocycles. The van der Waals surface area contributed by atoms with E-state index in [9.17, 15) is 9.18 Å². The molecule has 2 rings (SSSR count).